The Kier molecular flexibility index (Phi) is 6.77. The van der Waals surface area contributed by atoms with Crippen molar-refractivity contribution >= 4 is 0 Å². The number of hydrogen-bond donors (Lipinski definition) is 0. The van der Waals surface area contributed by atoms with Crippen LogP contribution in [0.1, 0.15) is 86.5 Å². The maximum absolute atomic E-state index is 2.51. The van der Waals surface area contributed by atoms with Gasteiger partial charge in [0.1, 0.15) is 0 Å². The van der Waals surface area contributed by atoms with Crippen LogP contribution in [0.2, 0.25) is 0 Å². The third-order valence-electron chi connectivity index (χ3n) is 5.38. The molecule has 0 radical (unpaired) electrons. The fourth-order valence-corrected chi connectivity index (χ4v) is 4.01. The normalized spacial score (nSPS) is 31.1. The highest BCUT2D eigenvalue weighted by Crippen LogP contribution is 2.41. The first kappa shape index (κ1) is 16.9. The average molecular weight is 266 g/mol. The first-order chi connectivity index (χ1) is 8.84. The van der Waals surface area contributed by atoms with Gasteiger partial charge in [-0.25, -0.2) is 0 Å². The molecule has 0 N–H and O–H groups in total. The summed E-state index contributed by atoms with van der Waals surface area (Å²) in [5.41, 5.74) is 0.563. The summed E-state index contributed by atoms with van der Waals surface area (Å²) in [7, 11) is 0. The van der Waals surface area contributed by atoms with Crippen molar-refractivity contribution in [3.63, 3.8) is 0 Å². The fraction of sp³-hybridized carbons (Fsp3) is 0.947. The average Bonchev–Trinajstić information content (AvgIpc) is 2.30. The first-order valence-electron chi connectivity index (χ1n) is 8.62. The molecule has 0 spiro atoms. The summed E-state index contributed by atoms with van der Waals surface area (Å²) in [6.07, 6.45) is 12.3. The second-order valence-electron chi connectivity index (χ2n) is 8.31. The highest BCUT2D eigenvalue weighted by atomic mass is 14.4. The van der Waals surface area contributed by atoms with Gasteiger partial charge in [-0.15, -0.1) is 0 Å². The summed E-state index contributed by atoms with van der Waals surface area (Å²) in [6.45, 7) is 14.6. The zero-order valence-corrected chi connectivity index (χ0v) is 14.3. The smallest absolute Gasteiger partial charge is 0.0625 e. The van der Waals surface area contributed by atoms with Crippen LogP contribution < -0.4 is 0 Å². The Labute approximate surface area is 122 Å². The lowest BCUT2D eigenvalue weighted by molar-refractivity contribution is 0.140. The molecular weight excluding hydrogens is 228 g/mol. The van der Waals surface area contributed by atoms with E-state index in [2.05, 4.69) is 48.0 Å². The summed E-state index contributed by atoms with van der Waals surface area (Å²) in [4.78, 5) is 0. The molecule has 0 amide bonds. The second-order valence-corrected chi connectivity index (χ2v) is 8.31. The summed E-state index contributed by atoms with van der Waals surface area (Å²) >= 11 is 0. The van der Waals surface area contributed by atoms with Gasteiger partial charge in [-0.05, 0) is 54.8 Å². The molecule has 1 saturated carbocycles. The van der Waals surface area contributed by atoms with E-state index < -0.39 is 0 Å². The van der Waals surface area contributed by atoms with Gasteiger partial charge in [-0.1, -0.05) is 47.5 Å². The molecule has 0 saturated heterocycles. The van der Waals surface area contributed by atoms with Gasteiger partial charge in [0.2, 0.25) is 0 Å². The number of hydrogen-bond acceptors (Lipinski definition) is 0. The van der Waals surface area contributed by atoms with Crippen LogP contribution in [0.25, 0.3) is 0 Å². The van der Waals surface area contributed by atoms with E-state index in [0.29, 0.717) is 5.41 Å². The predicted molar refractivity (Wildman–Crippen MR) is 87.1 cm³/mol. The lowest BCUT2D eigenvalue weighted by Crippen LogP contribution is -2.26. The lowest BCUT2D eigenvalue weighted by atomic mass is 9.68. The Balaban J connectivity index is 2.56. The Morgan fingerprint density at radius 2 is 1.84 bits per heavy atom. The topological polar surface area (TPSA) is 0 Å². The molecule has 1 fully saturated rings. The molecule has 1 rings (SSSR count). The van der Waals surface area contributed by atoms with E-state index >= 15 is 0 Å². The summed E-state index contributed by atoms with van der Waals surface area (Å²) in [5.74, 6) is 3.67. The minimum Gasteiger partial charge on any atom is -0.0625 e. The maximum Gasteiger partial charge on any atom is 0.0897 e. The van der Waals surface area contributed by atoms with E-state index in [1.807, 2.05) is 0 Å². The highest BCUT2D eigenvalue weighted by Gasteiger charge is 2.30. The Hall–Kier alpha value is -0.130. The monoisotopic (exact) mass is 265 g/mol. The summed E-state index contributed by atoms with van der Waals surface area (Å²) in [5, 5.41) is 0. The van der Waals surface area contributed by atoms with Crippen LogP contribution in [0.3, 0.4) is 0 Å². The minimum atomic E-state index is 0.563. The van der Waals surface area contributed by atoms with Crippen molar-refractivity contribution in [2.45, 2.75) is 86.5 Å². The van der Waals surface area contributed by atoms with E-state index in [0.717, 1.165) is 23.7 Å². The third-order valence-corrected chi connectivity index (χ3v) is 5.38. The summed E-state index contributed by atoms with van der Waals surface area (Å²) in [6, 6.07) is 0. The van der Waals surface area contributed by atoms with Crippen molar-refractivity contribution in [3.05, 3.63) is 6.42 Å². The van der Waals surface area contributed by atoms with Gasteiger partial charge < -0.3 is 0 Å². The molecule has 1 aliphatic carbocycles. The van der Waals surface area contributed by atoms with Gasteiger partial charge in [-0.3, -0.25) is 0 Å². The first-order valence-corrected chi connectivity index (χ1v) is 8.62. The predicted octanol–water partition coefficient (Wildman–Crippen LogP) is 6.51. The van der Waals surface area contributed by atoms with Crippen LogP contribution in [-0.4, -0.2) is 0 Å². The molecule has 0 aromatic carbocycles. The molecule has 0 aliphatic heterocycles. The van der Waals surface area contributed by atoms with Crippen LogP contribution in [0.5, 0.6) is 0 Å². The van der Waals surface area contributed by atoms with Gasteiger partial charge in [0.05, 0.1) is 19.8 Å². The minimum absolute atomic E-state index is 0.563. The van der Waals surface area contributed by atoms with Gasteiger partial charge in [-0.2, -0.15) is 0 Å². The Morgan fingerprint density at radius 1 is 1.16 bits per heavy atom. The van der Waals surface area contributed by atoms with Crippen LogP contribution in [0, 0.1) is 35.5 Å². The molecule has 4 atom stereocenters. The molecule has 4 unspecified atom stereocenters. The van der Waals surface area contributed by atoms with E-state index in [1.165, 1.54) is 44.9 Å². The van der Waals surface area contributed by atoms with Crippen molar-refractivity contribution < 1.29 is 0 Å². The van der Waals surface area contributed by atoms with Crippen LogP contribution >= 0.6 is 0 Å². The summed E-state index contributed by atoms with van der Waals surface area (Å²) < 4.78 is 0. The van der Waals surface area contributed by atoms with Gasteiger partial charge in [0, 0.05) is 0 Å². The molecule has 0 nitrogen and oxygen atoms in total. The van der Waals surface area contributed by atoms with Crippen molar-refractivity contribution in [1.29, 1.82) is 0 Å². The van der Waals surface area contributed by atoms with Crippen molar-refractivity contribution in [2.24, 2.45) is 29.1 Å². The van der Waals surface area contributed by atoms with Crippen molar-refractivity contribution in [3.8, 4) is 0 Å². The van der Waals surface area contributed by atoms with Crippen LogP contribution in [-0.2, 0) is 0 Å². The van der Waals surface area contributed by atoms with E-state index in [9.17, 15) is 0 Å². The van der Waals surface area contributed by atoms with Crippen LogP contribution in [0.15, 0.2) is 0 Å². The van der Waals surface area contributed by atoms with Gasteiger partial charge in [0.15, 0.2) is 0 Å². The molecule has 0 heterocycles. The molecular formula is C19H37+. The second kappa shape index (κ2) is 7.60. The Bertz CT molecular complexity index is 240. The molecule has 19 heavy (non-hydrogen) atoms. The van der Waals surface area contributed by atoms with Gasteiger partial charge in [0.25, 0.3) is 0 Å². The molecule has 0 heteroatoms. The third kappa shape index (κ3) is 6.23. The zero-order chi connectivity index (χ0) is 14.5. The molecule has 0 aromatic rings. The molecule has 0 bridgehead atoms. The highest BCUT2D eigenvalue weighted by molar-refractivity contribution is 4.81. The van der Waals surface area contributed by atoms with E-state index in [4.69, 9.17) is 0 Å². The zero-order valence-electron chi connectivity index (χ0n) is 14.3. The van der Waals surface area contributed by atoms with Crippen molar-refractivity contribution in [1.82, 2.24) is 0 Å². The quantitative estimate of drug-likeness (QED) is 0.497. The number of rotatable bonds is 5. The SMILES string of the molecule is C[CH+]CC(C)CC(C)C1CCC(C)CCC(C)(C)C1. The van der Waals surface area contributed by atoms with E-state index in [-0.39, 0.29) is 0 Å². The van der Waals surface area contributed by atoms with Crippen LogP contribution in [0.4, 0.5) is 0 Å². The molecule has 0 aromatic heterocycles. The molecule has 1 aliphatic rings. The fourth-order valence-electron chi connectivity index (χ4n) is 4.01. The maximum atomic E-state index is 2.51. The Morgan fingerprint density at radius 3 is 2.47 bits per heavy atom. The lowest BCUT2D eigenvalue weighted by Gasteiger charge is -2.37. The standard InChI is InChI=1S/C19H37/c1-7-8-16(3)13-17(4)18-10-9-15(2)11-12-19(5,6)14-18/h7,15-18H,8-14H2,1-6H3/q+1. The van der Waals surface area contributed by atoms with E-state index in [1.54, 1.807) is 0 Å². The van der Waals surface area contributed by atoms with Gasteiger partial charge >= 0.3 is 0 Å². The largest absolute Gasteiger partial charge is 0.0897 e. The molecule has 112 valence electrons. The van der Waals surface area contributed by atoms with Crippen molar-refractivity contribution in [2.75, 3.05) is 0 Å².